The summed E-state index contributed by atoms with van der Waals surface area (Å²) in [5, 5.41) is 9.85. The Labute approximate surface area is 118 Å². The molecular formula is C16H17NO3. The molecule has 2 rings (SSSR count). The molecule has 0 heterocycles. The number of hydrogen-bond donors (Lipinski definition) is 1. The van der Waals surface area contributed by atoms with Crippen LogP contribution >= 0.6 is 0 Å². The van der Waals surface area contributed by atoms with E-state index in [0.717, 1.165) is 11.3 Å². The van der Waals surface area contributed by atoms with Crippen LogP contribution in [0.1, 0.15) is 15.9 Å². The Morgan fingerprint density at radius 3 is 2.60 bits per heavy atom. The molecule has 1 N–H and O–H groups in total. The Morgan fingerprint density at radius 2 is 1.95 bits per heavy atom. The average molecular weight is 271 g/mol. The molecule has 0 unspecified atom stereocenters. The lowest BCUT2D eigenvalue weighted by atomic mass is 10.1. The molecular weight excluding hydrogens is 254 g/mol. The van der Waals surface area contributed by atoms with Gasteiger partial charge in [-0.05, 0) is 42.8 Å². The fraction of sp³-hybridized carbons (Fsp3) is 0.188. The standard InChI is InChI=1S/C16H17NO3/c1-11-5-4-6-12(9-11)17(2)16(19)14-10-13(20-3)7-8-15(14)18/h4-10,18H,1-3H3. The van der Waals surface area contributed by atoms with Gasteiger partial charge in [0.2, 0.25) is 0 Å². The first-order valence-electron chi connectivity index (χ1n) is 6.24. The summed E-state index contributed by atoms with van der Waals surface area (Å²) in [5.74, 6) is 0.186. The Morgan fingerprint density at radius 1 is 1.20 bits per heavy atom. The number of nitrogens with zero attached hydrogens (tertiary/aromatic N) is 1. The van der Waals surface area contributed by atoms with Crippen molar-refractivity contribution >= 4 is 11.6 Å². The summed E-state index contributed by atoms with van der Waals surface area (Å²) >= 11 is 0. The number of carbonyl (C=O) groups is 1. The van der Waals surface area contributed by atoms with Crippen LogP contribution in [-0.2, 0) is 0 Å². The molecule has 1 amide bonds. The number of hydrogen-bond acceptors (Lipinski definition) is 3. The molecule has 0 saturated carbocycles. The minimum absolute atomic E-state index is 0.0599. The Kier molecular flexibility index (Phi) is 3.94. The summed E-state index contributed by atoms with van der Waals surface area (Å²) in [6.45, 7) is 1.96. The monoisotopic (exact) mass is 271 g/mol. The van der Waals surface area contributed by atoms with E-state index >= 15 is 0 Å². The number of phenols is 1. The van der Waals surface area contributed by atoms with Crippen LogP contribution in [-0.4, -0.2) is 25.2 Å². The van der Waals surface area contributed by atoms with Gasteiger partial charge in [0.05, 0.1) is 12.7 Å². The lowest BCUT2D eigenvalue weighted by molar-refractivity contribution is 0.0990. The molecule has 104 valence electrons. The first-order chi connectivity index (χ1) is 9.52. The van der Waals surface area contributed by atoms with Crippen LogP contribution in [0.4, 0.5) is 5.69 Å². The SMILES string of the molecule is COc1ccc(O)c(C(=O)N(C)c2cccc(C)c2)c1. The molecule has 2 aromatic carbocycles. The minimum atomic E-state index is -0.285. The zero-order valence-corrected chi connectivity index (χ0v) is 11.8. The molecule has 4 heteroatoms. The van der Waals surface area contributed by atoms with E-state index in [0.29, 0.717) is 5.75 Å². The van der Waals surface area contributed by atoms with Gasteiger partial charge in [-0.2, -0.15) is 0 Å². The van der Waals surface area contributed by atoms with Crippen molar-refractivity contribution in [3.8, 4) is 11.5 Å². The lowest BCUT2D eigenvalue weighted by Crippen LogP contribution is -2.26. The van der Waals surface area contributed by atoms with E-state index in [-0.39, 0.29) is 17.2 Å². The summed E-state index contributed by atoms with van der Waals surface area (Å²) in [4.78, 5) is 14.0. The Balaban J connectivity index is 2.36. The van der Waals surface area contributed by atoms with Crippen LogP contribution in [0.25, 0.3) is 0 Å². The van der Waals surface area contributed by atoms with Crippen molar-refractivity contribution in [2.45, 2.75) is 6.92 Å². The second-order valence-electron chi connectivity index (χ2n) is 4.59. The van der Waals surface area contributed by atoms with Gasteiger partial charge in [-0.3, -0.25) is 4.79 Å². The molecule has 0 atom stereocenters. The Bertz CT molecular complexity index is 637. The highest BCUT2D eigenvalue weighted by Gasteiger charge is 2.18. The molecule has 0 aliphatic carbocycles. The smallest absolute Gasteiger partial charge is 0.261 e. The number of benzene rings is 2. The van der Waals surface area contributed by atoms with Gasteiger partial charge in [-0.1, -0.05) is 12.1 Å². The van der Waals surface area contributed by atoms with Crippen molar-refractivity contribution < 1.29 is 14.6 Å². The van der Waals surface area contributed by atoms with E-state index in [1.165, 1.54) is 24.1 Å². The molecule has 0 fully saturated rings. The highest BCUT2D eigenvalue weighted by Crippen LogP contribution is 2.26. The van der Waals surface area contributed by atoms with Gasteiger partial charge in [-0.25, -0.2) is 0 Å². The minimum Gasteiger partial charge on any atom is -0.507 e. The van der Waals surface area contributed by atoms with Crippen molar-refractivity contribution in [1.82, 2.24) is 0 Å². The van der Waals surface area contributed by atoms with Crippen LogP contribution in [0.3, 0.4) is 0 Å². The number of carbonyl (C=O) groups excluding carboxylic acids is 1. The van der Waals surface area contributed by atoms with Crippen molar-refractivity contribution in [1.29, 1.82) is 0 Å². The van der Waals surface area contributed by atoms with Crippen molar-refractivity contribution in [2.75, 3.05) is 19.1 Å². The van der Waals surface area contributed by atoms with Gasteiger partial charge < -0.3 is 14.7 Å². The molecule has 0 bridgehead atoms. The van der Waals surface area contributed by atoms with E-state index in [2.05, 4.69) is 0 Å². The molecule has 0 radical (unpaired) electrons. The molecule has 0 spiro atoms. The maximum absolute atomic E-state index is 12.5. The summed E-state index contributed by atoms with van der Waals surface area (Å²) in [7, 11) is 3.20. The normalized spacial score (nSPS) is 10.2. The quantitative estimate of drug-likeness (QED) is 0.933. The topological polar surface area (TPSA) is 49.8 Å². The van der Waals surface area contributed by atoms with Crippen LogP contribution in [0.15, 0.2) is 42.5 Å². The third-order valence-electron chi connectivity index (χ3n) is 3.13. The largest absolute Gasteiger partial charge is 0.507 e. The molecule has 0 aliphatic heterocycles. The highest BCUT2D eigenvalue weighted by molar-refractivity contribution is 6.07. The van der Waals surface area contributed by atoms with Crippen molar-refractivity contribution in [3.05, 3.63) is 53.6 Å². The predicted molar refractivity (Wildman–Crippen MR) is 78.6 cm³/mol. The first kappa shape index (κ1) is 13.9. The number of phenolic OH excluding ortho intramolecular Hbond substituents is 1. The summed E-state index contributed by atoms with van der Waals surface area (Å²) < 4.78 is 5.08. The number of anilines is 1. The highest BCUT2D eigenvalue weighted by atomic mass is 16.5. The van der Waals surface area contributed by atoms with E-state index in [1.54, 1.807) is 13.1 Å². The molecule has 0 aliphatic rings. The maximum Gasteiger partial charge on any atom is 0.261 e. The zero-order chi connectivity index (χ0) is 14.7. The second kappa shape index (κ2) is 5.65. The second-order valence-corrected chi connectivity index (χ2v) is 4.59. The van der Waals surface area contributed by atoms with Gasteiger partial charge in [-0.15, -0.1) is 0 Å². The third-order valence-corrected chi connectivity index (χ3v) is 3.13. The number of aryl methyl sites for hydroxylation is 1. The van der Waals surface area contributed by atoms with Crippen LogP contribution in [0, 0.1) is 6.92 Å². The molecule has 20 heavy (non-hydrogen) atoms. The van der Waals surface area contributed by atoms with Crippen molar-refractivity contribution in [3.63, 3.8) is 0 Å². The first-order valence-corrected chi connectivity index (χ1v) is 6.24. The van der Waals surface area contributed by atoms with Crippen LogP contribution in [0.2, 0.25) is 0 Å². The van der Waals surface area contributed by atoms with E-state index in [9.17, 15) is 9.90 Å². The summed E-state index contributed by atoms with van der Waals surface area (Å²) in [6.07, 6.45) is 0. The number of methoxy groups -OCH3 is 1. The molecule has 2 aromatic rings. The van der Waals surface area contributed by atoms with Crippen LogP contribution < -0.4 is 9.64 Å². The van der Waals surface area contributed by atoms with E-state index in [1.807, 2.05) is 31.2 Å². The fourth-order valence-electron chi connectivity index (χ4n) is 1.95. The van der Waals surface area contributed by atoms with E-state index < -0.39 is 0 Å². The van der Waals surface area contributed by atoms with Gasteiger partial charge >= 0.3 is 0 Å². The fourth-order valence-corrected chi connectivity index (χ4v) is 1.95. The van der Waals surface area contributed by atoms with Gasteiger partial charge in [0.25, 0.3) is 5.91 Å². The lowest BCUT2D eigenvalue weighted by Gasteiger charge is -2.18. The Hall–Kier alpha value is -2.49. The van der Waals surface area contributed by atoms with E-state index in [4.69, 9.17) is 4.74 Å². The summed E-state index contributed by atoms with van der Waals surface area (Å²) in [5.41, 5.74) is 2.06. The molecule has 0 aromatic heterocycles. The van der Waals surface area contributed by atoms with Crippen LogP contribution in [0.5, 0.6) is 11.5 Å². The maximum atomic E-state index is 12.5. The molecule has 0 saturated heterocycles. The average Bonchev–Trinajstić information content (AvgIpc) is 2.46. The number of rotatable bonds is 3. The van der Waals surface area contributed by atoms with Gasteiger partial charge in [0.1, 0.15) is 11.5 Å². The number of amides is 1. The molecule has 4 nitrogen and oxygen atoms in total. The predicted octanol–water partition coefficient (Wildman–Crippen LogP) is 2.99. The number of aromatic hydroxyl groups is 1. The zero-order valence-electron chi connectivity index (χ0n) is 11.8. The number of ether oxygens (including phenoxy) is 1. The van der Waals surface area contributed by atoms with Gasteiger partial charge in [0.15, 0.2) is 0 Å². The summed E-state index contributed by atoms with van der Waals surface area (Å²) in [6, 6.07) is 12.2. The van der Waals surface area contributed by atoms with Crippen molar-refractivity contribution in [2.24, 2.45) is 0 Å². The third kappa shape index (κ3) is 2.74. The van der Waals surface area contributed by atoms with Gasteiger partial charge in [0, 0.05) is 12.7 Å².